The van der Waals surface area contributed by atoms with Crippen molar-refractivity contribution in [2.24, 2.45) is 0 Å². The van der Waals surface area contributed by atoms with Gasteiger partial charge in [0.15, 0.2) is 0 Å². The lowest BCUT2D eigenvalue weighted by atomic mass is 10.2. The number of amides is 1. The van der Waals surface area contributed by atoms with Crippen LogP contribution in [-0.2, 0) is 16.6 Å². The molecule has 0 bridgehead atoms. The predicted octanol–water partition coefficient (Wildman–Crippen LogP) is 3.22. The van der Waals surface area contributed by atoms with Gasteiger partial charge in [0.2, 0.25) is 10.0 Å². The molecule has 4 rings (SSSR count). The molecule has 0 radical (unpaired) electrons. The highest BCUT2D eigenvalue weighted by Crippen LogP contribution is 2.30. The van der Waals surface area contributed by atoms with Crippen molar-refractivity contribution in [1.82, 2.24) is 19.0 Å². The van der Waals surface area contributed by atoms with Gasteiger partial charge in [-0.15, -0.1) is 11.3 Å². The molecular formula is C20H23ClN4O3S2. The van der Waals surface area contributed by atoms with Crippen molar-refractivity contribution in [2.45, 2.75) is 19.9 Å². The molecule has 10 heteroatoms. The predicted molar refractivity (Wildman–Crippen MR) is 120 cm³/mol. The standard InChI is InChI=1S/C20H23ClN4O3S2/c1-14-16-12-18(19(26)23-8-5-9-24(11-10-23)30(2,27)28)29-20(16)25(22-14)13-15-6-3-4-7-17(15)21/h3-4,6-7,12H,5,8-11,13H2,1-2H3. The molecule has 1 aliphatic rings. The summed E-state index contributed by atoms with van der Waals surface area (Å²) in [4.78, 5) is 16.5. The molecule has 0 N–H and O–H groups in total. The van der Waals surface area contributed by atoms with E-state index in [2.05, 4.69) is 5.10 Å². The second-order valence-electron chi connectivity index (χ2n) is 7.47. The minimum atomic E-state index is -3.24. The van der Waals surface area contributed by atoms with Crippen LogP contribution in [-0.4, -0.2) is 65.7 Å². The number of nitrogens with zero attached hydrogens (tertiary/aromatic N) is 4. The molecule has 0 saturated carbocycles. The zero-order chi connectivity index (χ0) is 21.5. The second kappa shape index (κ2) is 8.30. The highest BCUT2D eigenvalue weighted by Gasteiger charge is 2.26. The zero-order valence-electron chi connectivity index (χ0n) is 16.8. The van der Waals surface area contributed by atoms with Gasteiger partial charge in [0.25, 0.3) is 5.91 Å². The largest absolute Gasteiger partial charge is 0.337 e. The van der Waals surface area contributed by atoms with Crippen LogP contribution < -0.4 is 0 Å². The van der Waals surface area contributed by atoms with E-state index in [4.69, 9.17) is 11.6 Å². The minimum absolute atomic E-state index is 0.0600. The first-order chi connectivity index (χ1) is 14.2. The van der Waals surface area contributed by atoms with Gasteiger partial charge in [0.05, 0.1) is 23.4 Å². The van der Waals surface area contributed by atoms with Crippen LogP contribution in [0.1, 0.15) is 27.3 Å². The monoisotopic (exact) mass is 466 g/mol. The van der Waals surface area contributed by atoms with E-state index >= 15 is 0 Å². The summed E-state index contributed by atoms with van der Waals surface area (Å²) < 4.78 is 27.0. The molecule has 1 saturated heterocycles. The van der Waals surface area contributed by atoms with E-state index in [1.165, 1.54) is 21.9 Å². The van der Waals surface area contributed by atoms with Crippen molar-refractivity contribution in [3.63, 3.8) is 0 Å². The molecule has 0 atom stereocenters. The van der Waals surface area contributed by atoms with E-state index in [0.29, 0.717) is 49.0 Å². The van der Waals surface area contributed by atoms with E-state index in [1.807, 2.05) is 41.9 Å². The summed E-state index contributed by atoms with van der Waals surface area (Å²) in [6.45, 7) is 4.18. The van der Waals surface area contributed by atoms with Gasteiger partial charge in [-0.1, -0.05) is 29.8 Å². The quantitative estimate of drug-likeness (QED) is 0.591. The third kappa shape index (κ3) is 4.25. The lowest BCUT2D eigenvalue weighted by Crippen LogP contribution is -2.36. The Morgan fingerprint density at radius 3 is 2.70 bits per heavy atom. The lowest BCUT2D eigenvalue weighted by molar-refractivity contribution is 0.0769. The molecule has 1 aliphatic heterocycles. The van der Waals surface area contributed by atoms with Crippen LogP contribution in [0.5, 0.6) is 0 Å². The first-order valence-electron chi connectivity index (χ1n) is 9.69. The van der Waals surface area contributed by atoms with Gasteiger partial charge in [-0.3, -0.25) is 9.48 Å². The van der Waals surface area contributed by atoms with Gasteiger partial charge in [-0.25, -0.2) is 12.7 Å². The Labute approximate surface area is 184 Å². The maximum atomic E-state index is 13.1. The fourth-order valence-electron chi connectivity index (χ4n) is 3.70. The number of halogens is 1. The molecular weight excluding hydrogens is 444 g/mol. The molecule has 0 unspecified atom stereocenters. The number of hydrogen-bond donors (Lipinski definition) is 0. The van der Waals surface area contributed by atoms with Crippen LogP contribution in [0.15, 0.2) is 30.3 Å². The number of benzene rings is 1. The fourth-order valence-corrected chi connectivity index (χ4v) is 5.90. The smallest absolute Gasteiger partial charge is 0.264 e. The molecule has 1 fully saturated rings. The molecule has 3 heterocycles. The number of sulfonamides is 1. The third-order valence-electron chi connectivity index (χ3n) is 5.31. The molecule has 0 spiro atoms. The summed E-state index contributed by atoms with van der Waals surface area (Å²) >= 11 is 7.72. The van der Waals surface area contributed by atoms with Crippen LogP contribution in [0.3, 0.4) is 0 Å². The van der Waals surface area contributed by atoms with E-state index in [-0.39, 0.29) is 5.91 Å². The van der Waals surface area contributed by atoms with Crippen molar-refractivity contribution >= 4 is 49.1 Å². The number of aromatic nitrogens is 2. The van der Waals surface area contributed by atoms with Gasteiger partial charge in [-0.05, 0) is 31.0 Å². The number of rotatable bonds is 4. The van der Waals surface area contributed by atoms with Crippen LogP contribution in [0.4, 0.5) is 0 Å². The van der Waals surface area contributed by atoms with E-state index < -0.39 is 10.0 Å². The Kier molecular flexibility index (Phi) is 5.89. The first-order valence-corrected chi connectivity index (χ1v) is 12.7. The summed E-state index contributed by atoms with van der Waals surface area (Å²) in [7, 11) is -3.24. The summed E-state index contributed by atoms with van der Waals surface area (Å²) in [6.07, 6.45) is 1.84. The Balaban J connectivity index is 1.58. The van der Waals surface area contributed by atoms with Gasteiger partial charge >= 0.3 is 0 Å². The number of thiophene rings is 1. The Morgan fingerprint density at radius 1 is 1.20 bits per heavy atom. The molecule has 3 aromatic rings. The van der Waals surface area contributed by atoms with E-state index in [9.17, 15) is 13.2 Å². The minimum Gasteiger partial charge on any atom is -0.337 e. The van der Waals surface area contributed by atoms with Gasteiger partial charge < -0.3 is 4.90 Å². The first kappa shape index (κ1) is 21.3. The molecule has 7 nitrogen and oxygen atoms in total. The summed E-state index contributed by atoms with van der Waals surface area (Å²) in [6, 6.07) is 9.55. The molecule has 30 heavy (non-hydrogen) atoms. The highest BCUT2D eigenvalue weighted by molar-refractivity contribution is 7.88. The average Bonchev–Trinajstić information content (AvgIpc) is 3.13. The topological polar surface area (TPSA) is 75.5 Å². The highest BCUT2D eigenvalue weighted by atomic mass is 35.5. The summed E-state index contributed by atoms with van der Waals surface area (Å²) in [5.74, 6) is -0.0600. The van der Waals surface area contributed by atoms with Crippen LogP contribution in [0.25, 0.3) is 10.2 Å². The van der Waals surface area contributed by atoms with Crippen LogP contribution in [0.2, 0.25) is 5.02 Å². The van der Waals surface area contributed by atoms with Crippen LogP contribution >= 0.6 is 22.9 Å². The van der Waals surface area contributed by atoms with E-state index in [0.717, 1.165) is 21.5 Å². The van der Waals surface area contributed by atoms with Gasteiger partial charge in [0.1, 0.15) is 4.83 Å². The molecule has 0 aliphatic carbocycles. The summed E-state index contributed by atoms with van der Waals surface area (Å²) in [5, 5.41) is 6.27. The Bertz CT molecular complexity index is 1200. The van der Waals surface area contributed by atoms with Gasteiger partial charge in [-0.2, -0.15) is 5.10 Å². The SMILES string of the molecule is Cc1nn(Cc2ccccc2Cl)c2sc(C(=O)N3CCCN(S(C)(=O)=O)CC3)cc12. The maximum Gasteiger partial charge on any atom is 0.264 e. The number of aryl methyl sites for hydroxylation is 1. The second-order valence-corrected chi connectivity index (χ2v) is 10.9. The normalized spacial score (nSPS) is 16.2. The summed E-state index contributed by atoms with van der Waals surface area (Å²) in [5.41, 5.74) is 1.84. The van der Waals surface area contributed by atoms with Crippen molar-refractivity contribution in [1.29, 1.82) is 0 Å². The molecule has 2 aromatic heterocycles. The average molecular weight is 467 g/mol. The van der Waals surface area contributed by atoms with Crippen molar-refractivity contribution in [3.8, 4) is 0 Å². The number of carbonyl (C=O) groups excluding carboxylic acids is 1. The van der Waals surface area contributed by atoms with Crippen molar-refractivity contribution in [2.75, 3.05) is 32.4 Å². The van der Waals surface area contributed by atoms with Crippen LogP contribution in [0, 0.1) is 6.92 Å². The van der Waals surface area contributed by atoms with Crippen molar-refractivity contribution < 1.29 is 13.2 Å². The Hall–Kier alpha value is -1.94. The lowest BCUT2D eigenvalue weighted by Gasteiger charge is -2.20. The maximum absolute atomic E-state index is 13.1. The third-order valence-corrected chi connectivity index (χ3v) is 8.12. The fraction of sp³-hybridized carbons (Fsp3) is 0.400. The zero-order valence-corrected chi connectivity index (χ0v) is 19.2. The number of fused-ring (bicyclic) bond motifs is 1. The number of carbonyl (C=O) groups is 1. The molecule has 1 aromatic carbocycles. The molecule has 160 valence electrons. The van der Waals surface area contributed by atoms with Gasteiger partial charge in [0, 0.05) is 36.6 Å². The number of hydrogen-bond acceptors (Lipinski definition) is 5. The molecule has 1 amide bonds. The van der Waals surface area contributed by atoms with Crippen molar-refractivity contribution in [3.05, 3.63) is 51.5 Å². The van der Waals surface area contributed by atoms with E-state index in [1.54, 1.807) is 4.90 Å². The Morgan fingerprint density at radius 2 is 1.97 bits per heavy atom.